The van der Waals surface area contributed by atoms with Gasteiger partial charge < -0.3 is 5.32 Å². The largest absolute Gasteiger partial charge is 0.332 e. The van der Waals surface area contributed by atoms with E-state index in [1.165, 1.54) is 11.3 Å². The fourth-order valence-corrected chi connectivity index (χ4v) is 1.95. The lowest BCUT2D eigenvalue weighted by molar-refractivity contribution is 0.0911. The first-order valence-corrected chi connectivity index (χ1v) is 6.10. The number of nitrogens with zero attached hydrogens (tertiary/aromatic N) is 2. The molecule has 1 aromatic heterocycles. The van der Waals surface area contributed by atoms with E-state index in [0.29, 0.717) is 18.5 Å². The van der Waals surface area contributed by atoms with E-state index in [4.69, 9.17) is 5.26 Å². The Balaban J connectivity index is 2.81. The van der Waals surface area contributed by atoms with Gasteiger partial charge in [0.1, 0.15) is 11.2 Å². The van der Waals surface area contributed by atoms with Gasteiger partial charge in [-0.15, -0.1) is 11.3 Å². The zero-order chi connectivity index (χ0) is 12.2. The number of carbonyl (C=O) groups is 1. The molecule has 0 aliphatic rings. The molecule has 0 radical (unpaired) electrons. The molecule has 0 bridgehead atoms. The average Bonchev–Trinajstić information content (AvgIpc) is 2.73. The zero-order valence-electron chi connectivity index (χ0n) is 9.70. The Morgan fingerprint density at radius 1 is 1.62 bits per heavy atom. The Hall–Kier alpha value is -1.41. The number of aryl methyl sites for hydroxylation is 1. The number of thiazole rings is 1. The van der Waals surface area contributed by atoms with Gasteiger partial charge in [0, 0.05) is 5.38 Å². The van der Waals surface area contributed by atoms with Crippen molar-refractivity contribution in [2.45, 2.75) is 39.2 Å². The Kier molecular flexibility index (Phi) is 4.02. The van der Waals surface area contributed by atoms with Crippen LogP contribution in [0.15, 0.2) is 5.38 Å². The molecular formula is C11H15N3OS. The Labute approximate surface area is 99.3 Å². The van der Waals surface area contributed by atoms with Crippen LogP contribution in [0.2, 0.25) is 0 Å². The number of nitriles is 1. The highest BCUT2D eigenvalue weighted by Gasteiger charge is 2.28. The predicted octanol–water partition coefficient (Wildman–Crippen LogP) is 2.26. The van der Waals surface area contributed by atoms with Gasteiger partial charge in [0.25, 0.3) is 5.91 Å². The fraction of sp³-hybridized carbons (Fsp3) is 0.545. The second kappa shape index (κ2) is 5.08. The molecule has 0 aromatic carbocycles. The van der Waals surface area contributed by atoms with Crippen LogP contribution in [0.25, 0.3) is 0 Å². The van der Waals surface area contributed by atoms with Crippen molar-refractivity contribution >= 4 is 17.2 Å². The highest BCUT2D eigenvalue weighted by Crippen LogP contribution is 2.15. The summed E-state index contributed by atoms with van der Waals surface area (Å²) < 4.78 is 0. The van der Waals surface area contributed by atoms with Gasteiger partial charge in [-0.1, -0.05) is 13.8 Å². The van der Waals surface area contributed by atoms with E-state index in [9.17, 15) is 4.79 Å². The highest BCUT2D eigenvalue weighted by molar-refractivity contribution is 7.09. The molecule has 86 valence electrons. The van der Waals surface area contributed by atoms with Gasteiger partial charge in [-0.2, -0.15) is 5.26 Å². The number of aromatic nitrogens is 1. The molecule has 5 heteroatoms. The van der Waals surface area contributed by atoms with E-state index in [-0.39, 0.29) is 5.91 Å². The summed E-state index contributed by atoms with van der Waals surface area (Å²) in [5.74, 6) is -0.269. The first-order valence-electron chi connectivity index (χ1n) is 5.22. The van der Waals surface area contributed by atoms with E-state index in [2.05, 4.69) is 16.4 Å². The van der Waals surface area contributed by atoms with Crippen LogP contribution in [0.4, 0.5) is 0 Å². The van der Waals surface area contributed by atoms with Gasteiger partial charge in [0.15, 0.2) is 0 Å². The van der Waals surface area contributed by atoms with Crippen LogP contribution in [-0.4, -0.2) is 16.4 Å². The smallest absolute Gasteiger partial charge is 0.272 e. The topological polar surface area (TPSA) is 65.8 Å². The highest BCUT2D eigenvalue weighted by atomic mass is 32.1. The molecule has 0 unspecified atom stereocenters. The van der Waals surface area contributed by atoms with Crippen LogP contribution >= 0.6 is 11.3 Å². The summed E-state index contributed by atoms with van der Waals surface area (Å²) in [4.78, 5) is 15.9. The SMILES string of the molecule is CCC(C#N)(CC)NC(=O)c1csc(C)n1. The lowest BCUT2D eigenvalue weighted by atomic mass is 9.94. The second-order valence-corrected chi connectivity index (χ2v) is 4.67. The summed E-state index contributed by atoms with van der Waals surface area (Å²) in [6.07, 6.45) is 1.18. The second-order valence-electron chi connectivity index (χ2n) is 3.61. The van der Waals surface area contributed by atoms with Gasteiger partial charge in [-0.3, -0.25) is 4.79 Å². The van der Waals surface area contributed by atoms with Crippen LogP contribution in [0, 0.1) is 18.3 Å². The minimum Gasteiger partial charge on any atom is -0.332 e. The normalized spacial score (nSPS) is 10.9. The minimum atomic E-state index is -0.769. The van der Waals surface area contributed by atoms with Gasteiger partial charge in [-0.25, -0.2) is 4.98 Å². The molecule has 0 atom stereocenters. The van der Waals surface area contributed by atoms with Crippen LogP contribution in [0.3, 0.4) is 0 Å². The van der Waals surface area contributed by atoms with Crippen molar-refractivity contribution in [3.63, 3.8) is 0 Å². The van der Waals surface area contributed by atoms with Crippen molar-refractivity contribution in [1.82, 2.24) is 10.3 Å². The van der Waals surface area contributed by atoms with Crippen molar-refractivity contribution in [3.05, 3.63) is 16.1 Å². The van der Waals surface area contributed by atoms with Crippen molar-refractivity contribution in [1.29, 1.82) is 5.26 Å². The summed E-state index contributed by atoms with van der Waals surface area (Å²) >= 11 is 1.43. The molecule has 0 spiro atoms. The van der Waals surface area contributed by atoms with E-state index in [1.807, 2.05) is 20.8 Å². The maximum Gasteiger partial charge on any atom is 0.272 e. The van der Waals surface area contributed by atoms with Crippen molar-refractivity contribution in [2.24, 2.45) is 0 Å². The molecule has 4 nitrogen and oxygen atoms in total. The molecule has 0 saturated heterocycles. The molecule has 1 aromatic rings. The summed E-state index contributed by atoms with van der Waals surface area (Å²) in [6, 6.07) is 2.17. The maximum absolute atomic E-state index is 11.8. The minimum absolute atomic E-state index is 0.269. The van der Waals surface area contributed by atoms with Crippen LogP contribution in [0.1, 0.15) is 42.2 Å². The lowest BCUT2D eigenvalue weighted by Crippen LogP contribution is -2.46. The number of nitrogens with one attached hydrogen (secondary N) is 1. The molecule has 0 aliphatic carbocycles. The summed E-state index contributed by atoms with van der Waals surface area (Å²) in [5, 5.41) is 14.4. The number of amides is 1. The predicted molar refractivity (Wildman–Crippen MR) is 63.2 cm³/mol. The van der Waals surface area contributed by atoms with Crippen LogP contribution in [0.5, 0.6) is 0 Å². The van der Waals surface area contributed by atoms with E-state index in [1.54, 1.807) is 5.38 Å². The molecule has 0 aliphatic heterocycles. The Morgan fingerprint density at radius 2 is 2.25 bits per heavy atom. The first kappa shape index (κ1) is 12.7. The summed E-state index contributed by atoms with van der Waals surface area (Å²) in [6.45, 7) is 5.62. The van der Waals surface area contributed by atoms with Crippen molar-refractivity contribution < 1.29 is 4.79 Å². The third-order valence-corrected chi connectivity index (χ3v) is 3.40. The fourth-order valence-electron chi connectivity index (χ4n) is 1.36. The van der Waals surface area contributed by atoms with Crippen molar-refractivity contribution in [2.75, 3.05) is 0 Å². The number of hydrogen-bond acceptors (Lipinski definition) is 4. The van der Waals surface area contributed by atoms with Crippen LogP contribution < -0.4 is 5.32 Å². The molecule has 1 heterocycles. The lowest BCUT2D eigenvalue weighted by Gasteiger charge is -2.24. The third kappa shape index (κ3) is 2.58. The van der Waals surface area contributed by atoms with Gasteiger partial charge >= 0.3 is 0 Å². The molecule has 0 saturated carbocycles. The van der Waals surface area contributed by atoms with Gasteiger partial charge in [0.2, 0.25) is 0 Å². The Morgan fingerprint density at radius 3 is 2.62 bits per heavy atom. The summed E-state index contributed by atoms with van der Waals surface area (Å²) in [7, 11) is 0. The average molecular weight is 237 g/mol. The summed E-state index contributed by atoms with van der Waals surface area (Å²) in [5.41, 5.74) is -0.377. The molecular weight excluding hydrogens is 222 g/mol. The number of hydrogen-bond donors (Lipinski definition) is 1. The van der Waals surface area contributed by atoms with Crippen LogP contribution in [-0.2, 0) is 0 Å². The quantitative estimate of drug-likeness (QED) is 0.873. The molecule has 16 heavy (non-hydrogen) atoms. The van der Waals surface area contributed by atoms with E-state index in [0.717, 1.165) is 5.01 Å². The standard InChI is InChI=1S/C11H15N3OS/c1-4-11(5-2,7-12)14-10(15)9-6-16-8(3)13-9/h6H,4-5H2,1-3H3,(H,14,15). The first-order chi connectivity index (χ1) is 7.56. The molecule has 0 fully saturated rings. The van der Waals surface area contributed by atoms with E-state index < -0.39 is 5.54 Å². The molecule has 1 N–H and O–H groups in total. The zero-order valence-corrected chi connectivity index (χ0v) is 10.5. The Bertz CT molecular complexity index is 415. The number of rotatable bonds is 4. The monoisotopic (exact) mass is 237 g/mol. The molecule has 1 amide bonds. The third-order valence-electron chi connectivity index (χ3n) is 2.63. The van der Waals surface area contributed by atoms with Gasteiger partial charge in [0.05, 0.1) is 11.1 Å². The van der Waals surface area contributed by atoms with Crippen molar-refractivity contribution in [3.8, 4) is 6.07 Å². The van der Waals surface area contributed by atoms with Gasteiger partial charge in [-0.05, 0) is 19.8 Å². The number of carbonyl (C=O) groups excluding carboxylic acids is 1. The maximum atomic E-state index is 11.8. The van der Waals surface area contributed by atoms with E-state index >= 15 is 0 Å². The molecule has 1 rings (SSSR count).